The lowest BCUT2D eigenvalue weighted by Gasteiger charge is -2.15. The van der Waals surface area contributed by atoms with Crippen LogP contribution < -0.4 is 5.32 Å². The van der Waals surface area contributed by atoms with Crippen LogP contribution in [0, 0.1) is 5.92 Å². The zero-order chi connectivity index (χ0) is 13.2. The lowest BCUT2D eigenvalue weighted by Crippen LogP contribution is -2.27. The van der Waals surface area contributed by atoms with Crippen LogP contribution in [0.15, 0.2) is 5.38 Å². The number of aliphatic hydroxyl groups is 1. The van der Waals surface area contributed by atoms with Crippen LogP contribution in [0.25, 0.3) is 0 Å². The standard InChI is InChI=1S/C14H24N2OS/c1-14(2,3)13-16-11(9-18-13)8-15-7-10-5-4-6-12(10)17/h9-10,12,15,17H,4-8H2,1-3H3. The smallest absolute Gasteiger partial charge is 0.0982 e. The van der Waals surface area contributed by atoms with E-state index in [9.17, 15) is 5.11 Å². The summed E-state index contributed by atoms with van der Waals surface area (Å²) >= 11 is 1.74. The van der Waals surface area contributed by atoms with Crippen molar-refractivity contribution in [2.45, 2.75) is 58.1 Å². The first-order valence-electron chi connectivity index (χ1n) is 6.80. The molecule has 3 nitrogen and oxygen atoms in total. The highest BCUT2D eigenvalue weighted by atomic mass is 32.1. The summed E-state index contributed by atoms with van der Waals surface area (Å²) in [6, 6.07) is 0. The molecule has 0 spiro atoms. The van der Waals surface area contributed by atoms with E-state index < -0.39 is 0 Å². The number of thiazole rings is 1. The van der Waals surface area contributed by atoms with Gasteiger partial charge in [-0.25, -0.2) is 4.98 Å². The summed E-state index contributed by atoms with van der Waals surface area (Å²) in [7, 11) is 0. The van der Waals surface area contributed by atoms with Crippen molar-refractivity contribution in [3.63, 3.8) is 0 Å². The van der Waals surface area contributed by atoms with Gasteiger partial charge >= 0.3 is 0 Å². The molecule has 4 heteroatoms. The topological polar surface area (TPSA) is 45.2 Å². The van der Waals surface area contributed by atoms with Crippen LogP contribution in [0.3, 0.4) is 0 Å². The van der Waals surface area contributed by atoms with Crippen LogP contribution in [-0.2, 0) is 12.0 Å². The molecule has 1 fully saturated rings. The Morgan fingerprint density at radius 2 is 2.22 bits per heavy atom. The first kappa shape index (κ1) is 14.0. The molecule has 1 saturated carbocycles. The quantitative estimate of drug-likeness (QED) is 0.882. The summed E-state index contributed by atoms with van der Waals surface area (Å²) < 4.78 is 0. The fourth-order valence-electron chi connectivity index (χ4n) is 2.37. The predicted molar refractivity (Wildman–Crippen MR) is 75.9 cm³/mol. The van der Waals surface area contributed by atoms with Gasteiger partial charge in [0.1, 0.15) is 0 Å². The van der Waals surface area contributed by atoms with Gasteiger partial charge in [-0.1, -0.05) is 27.2 Å². The van der Waals surface area contributed by atoms with E-state index in [1.807, 2.05) is 0 Å². The number of aliphatic hydroxyl groups excluding tert-OH is 1. The van der Waals surface area contributed by atoms with Crippen LogP contribution in [0.4, 0.5) is 0 Å². The molecular formula is C14H24N2OS. The predicted octanol–water partition coefficient (Wildman–Crippen LogP) is 2.69. The average molecular weight is 268 g/mol. The zero-order valence-corrected chi connectivity index (χ0v) is 12.4. The number of nitrogens with one attached hydrogen (secondary N) is 1. The molecule has 0 aliphatic heterocycles. The second-order valence-corrected chi connectivity index (χ2v) is 7.14. The number of hydrogen-bond acceptors (Lipinski definition) is 4. The van der Waals surface area contributed by atoms with Crippen molar-refractivity contribution in [3.8, 4) is 0 Å². The maximum absolute atomic E-state index is 9.74. The van der Waals surface area contributed by atoms with Gasteiger partial charge in [-0.05, 0) is 18.8 Å². The molecule has 0 saturated heterocycles. The second-order valence-electron chi connectivity index (χ2n) is 6.28. The summed E-state index contributed by atoms with van der Waals surface area (Å²) in [5.41, 5.74) is 1.27. The molecular weight excluding hydrogens is 244 g/mol. The van der Waals surface area contributed by atoms with E-state index in [1.165, 1.54) is 11.4 Å². The van der Waals surface area contributed by atoms with Crippen molar-refractivity contribution in [2.24, 2.45) is 5.92 Å². The Morgan fingerprint density at radius 1 is 1.44 bits per heavy atom. The molecule has 1 heterocycles. The van der Waals surface area contributed by atoms with Crippen LogP contribution in [-0.4, -0.2) is 22.7 Å². The second kappa shape index (κ2) is 5.68. The summed E-state index contributed by atoms with van der Waals surface area (Å²) in [5.74, 6) is 0.436. The number of nitrogens with zero attached hydrogens (tertiary/aromatic N) is 1. The SMILES string of the molecule is CC(C)(C)c1nc(CNCC2CCCC2O)cs1. The van der Waals surface area contributed by atoms with E-state index in [0.717, 1.165) is 31.6 Å². The van der Waals surface area contributed by atoms with Gasteiger partial charge in [0.15, 0.2) is 0 Å². The Morgan fingerprint density at radius 3 is 2.78 bits per heavy atom. The molecule has 2 rings (SSSR count). The van der Waals surface area contributed by atoms with Crippen LogP contribution in [0.1, 0.15) is 50.7 Å². The Balaban J connectivity index is 1.78. The lowest BCUT2D eigenvalue weighted by atomic mass is 9.98. The van der Waals surface area contributed by atoms with Crippen molar-refractivity contribution in [1.82, 2.24) is 10.3 Å². The average Bonchev–Trinajstić information content (AvgIpc) is 2.88. The van der Waals surface area contributed by atoms with E-state index in [0.29, 0.717) is 5.92 Å². The van der Waals surface area contributed by atoms with Gasteiger partial charge in [0.05, 0.1) is 16.8 Å². The maximum atomic E-state index is 9.74. The number of hydrogen-bond donors (Lipinski definition) is 2. The van der Waals surface area contributed by atoms with Gasteiger partial charge in [0, 0.05) is 23.9 Å². The van der Waals surface area contributed by atoms with Crippen molar-refractivity contribution in [3.05, 3.63) is 16.1 Å². The van der Waals surface area contributed by atoms with Crippen molar-refractivity contribution in [1.29, 1.82) is 0 Å². The Hall–Kier alpha value is -0.450. The molecule has 0 radical (unpaired) electrons. The van der Waals surface area contributed by atoms with E-state index in [2.05, 4.69) is 36.5 Å². The zero-order valence-electron chi connectivity index (χ0n) is 11.6. The van der Waals surface area contributed by atoms with Gasteiger partial charge in [0.2, 0.25) is 0 Å². The summed E-state index contributed by atoms with van der Waals surface area (Å²) in [6.07, 6.45) is 3.19. The highest BCUT2D eigenvalue weighted by molar-refractivity contribution is 7.09. The largest absolute Gasteiger partial charge is 0.393 e. The third-order valence-electron chi connectivity index (χ3n) is 3.52. The molecule has 2 unspecified atom stereocenters. The van der Waals surface area contributed by atoms with Gasteiger partial charge in [0.25, 0.3) is 0 Å². The number of rotatable bonds is 4. The van der Waals surface area contributed by atoms with Crippen LogP contribution >= 0.6 is 11.3 Å². The molecule has 1 aromatic heterocycles. The van der Waals surface area contributed by atoms with Crippen molar-refractivity contribution < 1.29 is 5.11 Å². The normalized spacial score (nSPS) is 24.7. The minimum atomic E-state index is -0.0990. The molecule has 0 bridgehead atoms. The van der Waals surface area contributed by atoms with E-state index in [4.69, 9.17) is 0 Å². The van der Waals surface area contributed by atoms with E-state index in [-0.39, 0.29) is 11.5 Å². The molecule has 0 aromatic carbocycles. The molecule has 0 amide bonds. The Bertz CT molecular complexity index is 383. The van der Waals surface area contributed by atoms with Crippen LogP contribution in [0.5, 0.6) is 0 Å². The third kappa shape index (κ3) is 3.53. The molecule has 102 valence electrons. The highest BCUT2D eigenvalue weighted by Gasteiger charge is 2.24. The van der Waals surface area contributed by atoms with Gasteiger partial charge in [-0.2, -0.15) is 0 Å². The lowest BCUT2D eigenvalue weighted by molar-refractivity contribution is 0.131. The molecule has 1 aliphatic rings. The Kier molecular flexibility index (Phi) is 4.41. The van der Waals surface area contributed by atoms with Crippen molar-refractivity contribution in [2.75, 3.05) is 6.54 Å². The number of aromatic nitrogens is 1. The van der Waals surface area contributed by atoms with Gasteiger partial charge in [-0.15, -0.1) is 11.3 Å². The molecule has 1 aromatic rings. The van der Waals surface area contributed by atoms with E-state index in [1.54, 1.807) is 11.3 Å². The summed E-state index contributed by atoms with van der Waals surface area (Å²) in [6.45, 7) is 8.30. The minimum Gasteiger partial charge on any atom is -0.393 e. The molecule has 18 heavy (non-hydrogen) atoms. The van der Waals surface area contributed by atoms with E-state index >= 15 is 0 Å². The van der Waals surface area contributed by atoms with Gasteiger partial charge in [-0.3, -0.25) is 0 Å². The van der Waals surface area contributed by atoms with Crippen LogP contribution in [0.2, 0.25) is 0 Å². The maximum Gasteiger partial charge on any atom is 0.0982 e. The first-order valence-corrected chi connectivity index (χ1v) is 7.68. The van der Waals surface area contributed by atoms with Gasteiger partial charge < -0.3 is 10.4 Å². The fourth-order valence-corrected chi connectivity index (χ4v) is 3.28. The molecule has 2 atom stereocenters. The summed E-state index contributed by atoms with van der Waals surface area (Å²) in [5, 5.41) is 16.5. The first-order chi connectivity index (χ1) is 8.47. The molecule has 1 aliphatic carbocycles. The monoisotopic (exact) mass is 268 g/mol. The molecule has 2 N–H and O–H groups in total. The minimum absolute atomic E-state index is 0.0990. The van der Waals surface area contributed by atoms with Crippen molar-refractivity contribution >= 4 is 11.3 Å². The highest BCUT2D eigenvalue weighted by Crippen LogP contribution is 2.26. The Labute approximate surface area is 114 Å². The third-order valence-corrected chi connectivity index (χ3v) is 4.84. The summed E-state index contributed by atoms with van der Waals surface area (Å²) in [4.78, 5) is 4.66. The fraction of sp³-hybridized carbons (Fsp3) is 0.786.